The molecular formula is C20H27NO3S. The first-order valence-corrected chi connectivity index (χ1v) is 10.7. The van der Waals surface area contributed by atoms with Gasteiger partial charge >= 0.3 is 0 Å². The molecule has 136 valence electrons. The summed E-state index contributed by atoms with van der Waals surface area (Å²) in [7, 11) is -3.51. The van der Waals surface area contributed by atoms with Crippen molar-refractivity contribution in [2.45, 2.75) is 56.9 Å². The average molecular weight is 362 g/mol. The fourth-order valence-electron chi connectivity index (χ4n) is 3.63. The van der Waals surface area contributed by atoms with Crippen molar-refractivity contribution >= 4 is 20.8 Å². The van der Waals surface area contributed by atoms with Crippen LogP contribution in [0.5, 0.6) is 5.75 Å². The standard InChI is InChI=1S/C20H27NO3S/c1-3-15-24-19-12-13-20(18-11-6-5-10-17(18)19)25(22,23)21-14-8-7-9-16(21)4-2/h5-6,10-13,16H,3-4,7-9,14-15H2,1-2H3. The number of sulfonamides is 1. The van der Waals surface area contributed by atoms with Crippen molar-refractivity contribution in [1.82, 2.24) is 4.31 Å². The highest BCUT2D eigenvalue weighted by Crippen LogP contribution is 2.35. The van der Waals surface area contributed by atoms with Crippen molar-refractivity contribution in [1.29, 1.82) is 0 Å². The lowest BCUT2D eigenvalue weighted by Gasteiger charge is -2.34. The number of piperidine rings is 1. The molecule has 0 bridgehead atoms. The van der Waals surface area contributed by atoms with Gasteiger partial charge in [-0.05, 0) is 37.8 Å². The van der Waals surface area contributed by atoms with Crippen molar-refractivity contribution in [3.63, 3.8) is 0 Å². The molecule has 1 saturated heterocycles. The lowest BCUT2D eigenvalue weighted by molar-refractivity contribution is 0.247. The summed E-state index contributed by atoms with van der Waals surface area (Å²) in [4.78, 5) is 0.396. The monoisotopic (exact) mass is 361 g/mol. The molecule has 1 heterocycles. The first kappa shape index (κ1) is 18.2. The maximum atomic E-state index is 13.4. The molecule has 3 rings (SSSR count). The number of ether oxygens (including phenoxy) is 1. The molecule has 5 heteroatoms. The van der Waals surface area contributed by atoms with Gasteiger partial charge in [-0.3, -0.25) is 0 Å². The van der Waals surface area contributed by atoms with E-state index in [9.17, 15) is 8.42 Å². The van der Waals surface area contributed by atoms with Gasteiger partial charge < -0.3 is 4.74 Å². The summed E-state index contributed by atoms with van der Waals surface area (Å²) in [5, 5.41) is 1.61. The smallest absolute Gasteiger partial charge is 0.243 e. The summed E-state index contributed by atoms with van der Waals surface area (Å²) >= 11 is 0. The Labute approximate surface area is 150 Å². The minimum absolute atomic E-state index is 0.105. The molecule has 0 amide bonds. The third kappa shape index (κ3) is 3.53. The Balaban J connectivity index is 2.09. The third-order valence-electron chi connectivity index (χ3n) is 4.94. The lowest BCUT2D eigenvalue weighted by Crippen LogP contribution is -2.43. The number of benzene rings is 2. The van der Waals surface area contributed by atoms with Crippen LogP contribution in [0.1, 0.15) is 46.0 Å². The van der Waals surface area contributed by atoms with Gasteiger partial charge in [0.25, 0.3) is 0 Å². The van der Waals surface area contributed by atoms with E-state index in [0.29, 0.717) is 18.0 Å². The molecule has 25 heavy (non-hydrogen) atoms. The van der Waals surface area contributed by atoms with Gasteiger partial charge in [-0.2, -0.15) is 4.31 Å². The van der Waals surface area contributed by atoms with Crippen LogP contribution in [-0.4, -0.2) is 31.9 Å². The molecule has 0 aliphatic carbocycles. The van der Waals surface area contributed by atoms with Gasteiger partial charge in [-0.15, -0.1) is 0 Å². The van der Waals surface area contributed by atoms with E-state index in [-0.39, 0.29) is 6.04 Å². The Hall–Kier alpha value is -1.59. The van der Waals surface area contributed by atoms with Crippen LogP contribution in [0.25, 0.3) is 10.8 Å². The van der Waals surface area contributed by atoms with Crippen molar-refractivity contribution in [2.75, 3.05) is 13.2 Å². The highest BCUT2D eigenvalue weighted by Gasteiger charge is 2.33. The van der Waals surface area contributed by atoms with Crippen molar-refractivity contribution in [2.24, 2.45) is 0 Å². The summed E-state index contributed by atoms with van der Waals surface area (Å²) < 4.78 is 34.3. The molecule has 1 fully saturated rings. The molecule has 0 N–H and O–H groups in total. The minimum atomic E-state index is -3.51. The average Bonchev–Trinajstić information content (AvgIpc) is 2.65. The molecule has 4 nitrogen and oxygen atoms in total. The van der Waals surface area contributed by atoms with Gasteiger partial charge in [0.1, 0.15) is 5.75 Å². The van der Waals surface area contributed by atoms with E-state index in [0.717, 1.165) is 48.6 Å². The molecule has 0 saturated carbocycles. The molecule has 2 aromatic carbocycles. The van der Waals surface area contributed by atoms with Crippen molar-refractivity contribution in [3.8, 4) is 5.75 Å². The normalized spacial score (nSPS) is 19.2. The SMILES string of the molecule is CCCOc1ccc(S(=O)(=O)N2CCCCC2CC)c2ccccc12. The number of hydrogen-bond acceptors (Lipinski definition) is 3. The van der Waals surface area contributed by atoms with Gasteiger partial charge in [0.2, 0.25) is 10.0 Å². The van der Waals surface area contributed by atoms with E-state index in [1.807, 2.05) is 24.3 Å². The zero-order valence-corrected chi connectivity index (χ0v) is 15.9. The molecule has 0 radical (unpaired) electrons. The van der Waals surface area contributed by atoms with Crippen LogP contribution < -0.4 is 4.74 Å². The lowest BCUT2D eigenvalue weighted by atomic mass is 10.0. The first-order valence-electron chi connectivity index (χ1n) is 9.26. The highest BCUT2D eigenvalue weighted by molar-refractivity contribution is 7.89. The predicted octanol–water partition coefficient (Wildman–Crippen LogP) is 4.58. The highest BCUT2D eigenvalue weighted by atomic mass is 32.2. The van der Waals surface area contributed by atoms with Crippen molar-refractivity contribution in [3.05, 3.63) is 36.4 Å². The molecule has 0 spiro atoms. The number of rotatable bonds is 6. The van der Waals surface area contributed by atoms with Crippen LogP contribution in [0, 0.1) is 0 Å². The molecular weight excluding hydrogens is 334 g/mol. The van der Waals surface area contributed by atoms with E-state index in [4.69, 9.17) is 4.74 Å². The molecule has 0 aromatic heterocycles. The Morgan fingerprint density at radius 2 is 1.84 bits per heavy atom. The van der Waals surface area contributed by atoms with Gasteiger partial charge in [-0.25, -0.2) is 8.42 Å². The summed E-state index contributed by atoms with van der Waals surface area (Å²) in [6.07, 6.45) is 4.76. The minimum Gasteiger partial charge on any atom is -0.493 e. The van der Waals surface area contributed by atoms with E-state index >= 15 is 0 Å². The molecule has 2 aromatic rings. The second-order valence-electron chi connectivity index (χ2n) is 6.63. The quantitative estimate of drug-likeness (QED) is 0.756. The Kier molecular flexibility index (Phi) is 5.64. The van der Waals surface area contributed by atoms with E-state index in [1.165, 1.54) is 0 Å². The van der Waals surface area contributed by atoms with Gasteiger partial charge in [0.05, 0.1) is 11.5 Å². The summed E-state index contributed by atoms with van der Waals surface area (Å²) in [5.41, 5.74) is 0. The fourth-order valence-corrected chi connectivity index (χ4v) is 5.60. The molecule has 1 unspecified atom stereocenters. The van der Waals surface area contributed by atoms with Crippen LogP contribution in [0.3, 0.4) is 0 Å². The maximum absolute atomic E-state index is 13.4. The second kappa shape index (κ2) is 7.75. The number of nitrogens with zero attached hydrogens (tertiary/aromatic N) is 1. The number of hydrogen-bond donors (Lipinski definition) is 0. The zero-order chi connectivity index (χ0) is 17.9. The molecule has 1 atom stereocenters. The second-order valence-corrected chi connectivity index (χ2v) is 8.49. The van der Waals surface area contributed by atoms with Crippen LogP contribution in [0.2, 0.25) is 0 Å². The molecule has 1 aliphatic rings. The van der Waals surface area contributed by atoms with Crippen molar-refractivity contribution < 1.29 is 13.2 Å². The predicted molar refractivity (Wildman–Crippen MR) is 102 cm³/mol. The van der Waals surface area contributed by atoms with Crippen LogP contribution in [-0.2, 0) is 10.0 Å². The molecule has 1 aliphatic heterocycles. The topological polar surface area (TPSA) is 46.6 Å². The van der Waals surface area contributed by atoms with Crippen LogP contribution >= 0.6 is 0 Å². The van der Waals surface area contributed by atoms with E-state index < -0.39 is 10.0 Å². The third-order valence-corrected chi connectivity index (χ3v) is 6.95. The fraction of sp³-hybridized carbons (Fsp3) is 0.500. The zero-order valence-electron chi connectivity index (χ0n) is 15.1. The van der Waals surface area contributed by atoms with Crippen LogP contribution in [0.15, 0.2) is 41.3 Å². The largest absolute Gasteiger partial charge is 0.493 e. The summed E-state index contributed by atoms with van der Waals surface area (Å²) in [5.74, 6) is 0.752. The summed E-state index contributed by atoms with van der Waals surface area (Å²) in [6, 6.07) is 11.2. The summed E-state index contributed by atoms with van der Waals surface area (Å²) in [6.45, 7) is 5.37. The Morgan fingerprint density at radius 1 is 1.08 bits per heavy atom. The Morgan fingerprint density at radius 3 is 2.56 bits per heavy atom. The Bertz CT molecular complexity index is 832. The van der Waals surface area contributed by atoms with Gasteiger partial charge in [-0.1, -0.05) is 44.5 Å². The van der Waals surface area contributed by atoms with Crippen LogP contribution in [0.4, 0.5) is 0 Å². The van der Waals surface area contributed by atoms with E-state index in [1.54, 1.807) is 16.4 Å². The maximum Gasteiger partial charge on any atom is 0.243 e. The van der Waals surface area contributed by atoms with Gasteiger partial charge in [0.15, 0.2) is 0 Å². The van der Waals surface area contributed by atoms with Gasteiger partial charge in [0, 0.05) is 23.4 Å². The van der Waals surface area contributed by atoms with E-state index in [2.05, 4.69) is 13.8 Å². The first-order chi connectivity index (χ1) is 12.1. The number of fused-ring (bicyclic) bond motifs is 1.